The number of nitrogens with zero attached hydrogens (tertiary/aromatic N) is 2. The molecule has 112 valence electrons. The number of thiazole rings is 1. The summed E-state index contributed by atoms with van der Waals surface area (Å²) in [7, 11) is 0. The van der Waals surface area contributed by atoms with Gasteiger partial charge in [-0.15, -0.1) is 11.3 Å². The summed E-state index contributed by atoms with van der Waals surface area (Å²) >= 11 is 1.34. The van der Waals surface area contributed by atoms with Crippen LogP contribution in [0.15, 0.2) is 5.38 Å². The molecule has 0 bridgehead atoms. The highest BCUT2D eigenvalue weighted by Gasteiger charge is 2.21. The zero-order valence-corrected chi connectivity index (χ0v) is 13.2. The highest BCUT2D eigenvalue weighted by Crippen LogP contribution is 2.15. The quantitative estimate of drug-likeness (QED) is 0.824. The minimum Gasteiger partial charge on any atom is -0.341 e. The first kappa shape index (κ1) is 16.6. The number of nitrogens with one attached hydrogen (secondary N) is 1. The van der Waals surface area contributed by atoms with Crippen molar-refractivity contribution in [3.05, 3.63) is 16.1 Å². The zero-order chi connectivity index (χ0) is 15.3. The third kappa shape index (κ3) is 4.01. The normalized spacial score (nSPS) is 13.7. The van der Waals surface area contributed by atoms with Gasteiger partial charge in [-0.2, -0.15) is 0 Å². The minimum atomic E-state index is -0.567. The molecule has 1 aromatic rings. The molecular formula is C13H22N4O2S. The Bertz CT molecular complexity index is 469. The van der Waals surface area contributed by atoms with Gasteiger partial charge in [0.2, 0.25) is 5.91 Å². The molecular weight excluding hydrogens is 276 g/mol. The molecule has 20 heavy (non-hydrogen) atoms. The van der Waals surface area contributed by atoms with E-state index < -0.39 is 6.04 Å². The number of hydrogen-bond acceptors (Lipinski definition) is 5. The molecule has 2 atom stereocenters. The first-order valence-corrected chi connectivity index (χ1v) is 7.59. The summed E-state index contributed by atoms with van der Waals surface area (Å²) in [5, 5.41) is 5.03. The fourth-order valence-electron chi connectivity index (χ4n) is 1.74. The van der Waals surface area contributed by atoms with Crippen molar-refractivity contribution >= 4 is 23.2 Å². The largest absolute Gasteiger partial charge is 0.341 e. The van der Waals surface area contributed by atoms with Crippen molar-refractivity contribution in [1.29, 1.82) is 0 Å². The van der Waals surface area contributed by atoms with Gasteiger partial charge in [0.15, 0.2) is 0 Å². The second kappa shape index (κ2) is 7.35. The van der Waals surface area contributed by atoms with Gasteiger partial charge in [-0.1, -0.05) is 0 Å². The number of likely N-dealkylation sites (N-methyl/N-ethyl adjacent to an activating group) is 1. The molecule has 2 amide bonds. The third-order valence-electron chi connectivity index (χ3n) is 2.94. The fraction of sp³-hybridized carbons (Fsp3) is 0.615. The van der Waals surface area contributed by atoms with Crippen molar-refractivity contribution in [3.8, 4) is 0 Å². The van der Waals surface area contributed by atoms with Crippen molar-refractivity contribution < 1.29 is 9.59 Å². The molecule has 7 heteroatoms. The van der Waals surface area contributed by atoms with E-state index in [-0.39, 0.29) is 17.9 Å². The van der Waals surface area contributed by atoms with Crippen LogP contribution in [0.3, 0.4) is 0 Å². The van der Waals surface area contributed by atoms with Gasteiger partial charge in [0.05, 0.1) is 6.04 Å². The summed E-state index contributed by atoms with van der Waals surface area (Å²) in [6.45, 7) is 8.56. The van der Waals surface area contributed by atoms with Crippen LogP contribution in [0.4, 0.5) is 0 Å². The Morgan fingerprint density at radius 2 is 2.00 bits per heavy atom. The number of carbonyl (C=O) groups excluding carboxylic acids is 2. The number of aromatic nitrogens is 1. The Morgan fingerprint density at radius 1 is 1.40 bits per heavy atom. The monoisotopic (exact) mass is 298 g/mol. The van der Waals surface area contributed by atoms with Gasteiger partial charge in [-0.05, 0) is 27.7 Å². The van der Waals surface area contributed by atoms with Crippen molar-refractivity contribution in [3.63, 3.8) is 0 Å². The van der Waals surface area contributed by atoms with Crippen LogP contribution >= 0.6 is 11.3 Å². The van der Waals surface area contributed by atoms with Gasteiger partial charge in [0, 0.05) is 18.5 Å². The van der Waals surface area contributed by atoms with Crippen molar-refractivity contribution in [2.24, 2.45) is 5.73 Å². The van der Waals surface area contributed by atoms with E-state index in [9.17, 15) is 9.59 Å². The van der Waals surface area contributed by atoms with E-state index in [2.05, 4.69) is 10.3 Å². The van der Waals surface area contributed by atoms with E-state index in [0.29, 0.717) is 23.8 Å². The summed E-state index contributed by atoms with van der Waals surface area (Å²) in [4.78, 5) is 29.9. The van der Waals surface area contributed by atoms with Gasteiger partial charge in [-0.3, -0.25) is 9.59 Å². The van der Waals surface area contributed by atoms with E-state index in [1.807, 2.05) is 20.8 Å². The Labute approximate surface area is 123 Å². The summed E-state index contributed by atoms with van der Waals surface area (Å²) in [5.41, 5.74) is 6.01. The third-order valence-corrected chi connectivity index (χ3v) is 3.98. The predicted molar refractivity (Wildman–Crippen MR) is 79.6 cm³/mol. The fourth-order valence-corrected chi connectivity index (χ4v) is 2.50. The average molecular weight is 298 g/mol. The molecule has 1 aromatic heterocycles. The molecule has 3 N–H and O–H groups in total. The van der Waals surface area contributed by atoms with E-state index in [0.717, 1.165) is 0 Å². The van der Waals surface area contributed by atoms with Crippen LogP contribution in [0.2, 0.25) is 0 Å². The first-order chi connectivity index (χ1) is 9.40. The Kier molecular flexibility index (Phi) is 6.09. The van der Waals surface area contributed by atoms with Gasteiger partial charge in [0.25, 0.3) is 5.91 Å². The van der Waals surface area contributed by atoms with Gasteiger partial charge < -0.3 is 16.0 Å². The molecule has 0 aliphatic heterocycles. The lowest BCUT2D eigenvalue weighted by molar-refractivity contribution is -0.132. The predicted octanol–water partition coefficient (Wildman–Crippen LogP) is 1.15. The van der Waals surface area contributed by atoms with Gasteiger partial charge in [0.1, 0.15) is 16.7 Å². The Morgan fingerprint density at radius 3 is 2.45 bits per heavy atom. The number of nitrogens with two attached hydrogens (primary N) is 1. The maximum absolute atomic E-state index is 12.1. The van der Waals surface area contributed by atoms with E-state index >= 15 is 0 Å². The molecule has 0 saturated carbocycles. The number of amides is 2. The maximum Gasteiger partial charge on any atom is 0.271 e. The number of carbonyl (C=O) groups is 2. The molecule has 1 rings (SSSR count). The lowest BCUT2D eigenvalue weighted by Crippen LogP contribution is -2.46. The standard InChI is InChI=1S/C13H22N4O2S/c1-5-17(6-2)13(19)9(4)15-11(18)10-7-20-12(16-10)8(3)14/h7-9H,5-6,14H2,1-4H3,(H,15,18). The van der Waals surface area contributed by atoms with Gasteiger partial charge in [-0.25, -0.2) is 4.98 Å². The van der Waals surface area contributed by atoms with Crippen LogP contribution < -0.4 is 11.1 Å². The first-order valence-electron chi connectivity index (χ1n) is 6.71. The SMILES string of the molecule is CCN(CC)C(=O)C(C)NC(=O)c1csc(C(C)N)n1. The van der Waals surface area contributed by atoms with Gasteiger partial charge >= 0.3 is 0 Å². The topological polar surface area (TPSA) is 88.3 Å². The summed E-state index contributed by atoms with van der Waals surface area (Å²) < 4.78 is 0. The molecule has 0 spiro atoms. The molecule has 6 nitrogen and oxygen atoms in total. The highest BCUT2D eigenvalue weighted by molar-refractivity contribution is 7.09. The second-order valence-electron chi connectivity index (χ2n) is 4.57. The average Bonchev–Trinajstić information content (AvgIpc) is 2.89. The van der Waals surface area contributed by atoms with Crippen LogP contribution in [-0.4, -0.2) is 40.8 Å². The molecule has 0 radical (unpaired) electrons. The second-order valence-corrected chi connectivity index (χ2v) is 5.46. The minimum absolute atomic E-state index is 0.0917. The molecule has 2 unspecified atom stereocenters. The lowest BCUT2D eigenvalue weighted by atomic mass is 10.2. The van der Waals surface area contributed by atoms with Crippen molar-refractivity contribution in [2.75, 3.05) is 13.1 Å². The van der Waals surface area contributed by atoms with E-state index in [1.165, 1.54) is 11.3 Å². The van der Waals surface area contributed by atoms with Crippen molar-refractivity contribution in [2.45, 2.75) is 39.8 Å². The Balaban J connectivity index is 2.67. The van der Waals surface area contributed by atoms with E-state index in [1.54, 1.807) is 17.2 Å². The highest BCUT2D eigenvalue weighted by atomic mass is 32.1. The smallest absolute Gasteiger partial charge is 0.271 e. The maximum atomic E-state index is 12.1. The molecule has 1 heterocycles. The summed E-state index contributed by atoms with van der Waals surface area (Å²) in [6, 6.07) is -0.765. The summed E-state index contributed by atoms with van der Waals surface area (Å²) in [5.74, 6) is -0.438. The molecule has 0 aliphatic carbocycles. The molecule has 0 aromatic carbocycles. The molecule has 0 fully saturated rings. The zero-order valence-electron chi connectivity index (χ0n) is 12.3. The van der Waals surface area contributed by atoms with Crippen LogP contribution in [0.25, 0.3) is 0 Å². The van der Waals surface area contributed by atoms with Crippen LogP contribution in [0.1, 0.15) is 49.2 Å². The van der Waals surface area contributed by atoms with Crippen LogP contribution in [0, 0.1) is 0 Å². The van der Waals surface area contributed by atoms with E-state index in [4.69, 9.17) is 5.73 Å². The number of hydrogen-bond donors (Lipinski definition) is 2. The molecule has 0 saturated heterocycles. The summed E-state index contributed by atoms with van der Waals surface area (Å²) in [6.07, 6.45) is 0. The van der Waals surface area contributed by atoms with Crippen molar-refractivity contribution in [1.82, 2.24) is 15.2 Å². The van der Waals surface area contributed by atoms with Crippen LogP contribution in [0.5, 0.6) is 0 Å². The van der Waals surface area contributed by atoms with Crippen LogP contribution in [-0.2, 0) is 4.79 Å². The molecule has 0 aliphatic rings. The lowest BCUT2D eigenvalue weighted by Gasteiger charge is -2.23. The number of rotatable bonds is 6. The Hall–Kier alpha value is -1.47.